The third-order valence-corrected chi connectivity index (χ3v) is 4.97. The lowest BCUT2D eigenvalue weighted by Gasteiger charge is -2.37. The van der Waals surface area contributed by atoms with Crippen LogP contribution in [0.3, 0.4) is 0 Å². The van der Waals surface area contributed by atoms with Gasteiger partial charge in [0.2, 0.25) is 0 Å². The van der Waals surface area contributed by atoms with Crippen LogP contribution in [0.15, 0.2) is 6.07 Å². The number of aryl methyl sites for hydroxylation is 2. The van der Waals surface area contributed by atoms with Gasteiger partial charge in [0, 0.05) is 16.3 Å². The zero-order valence-electron chi connectivity index (χ0n) is 13.8. The van der Waals surface area contributed by atoms with E-state index in [1.807, 2.05) is 6.92 Å². The Bertz CT molecular complexity index is 515. The maximum atomic E-state index is 12.6. The Hall–Kier alpha value is -1.11. The Labute approximate surface area is 136 Å². The first-order valence-corrected chi connectivity index (χ1v) is 8.60. The highest BCUT2D eigenvalue weighted by molar-refractivity contribution is 7.12. The Morgan fingerprint density at radius 2 is 2.27 bits per heavy atom. The van der Waals surface area contributed by atoms with Crippen molar-refractivity contribution in [3.63, 3.8) is 0 Å². The SMILES string of the molecule is Cc1cc([C@H](C)NC(=O)N2CCOC[C@@H]2C[C@@H](C)O)c(C)s1. The van der Waals surface area contributed by atoms with Crippen LogP contribution in [0.5, 0.6) is 0 Å². The summed E-state index contributed by atoms with van der Waals surface area (Å²) in [6.07, 6.45) is 0.0967. The molecule has 2 rings (SSSR count). The molecule has 6 heteroatoms. The Balaban J connectivity index is 2.01. The predicted octanol–water partition coefficient (Wildman–Crippen LogP) is 2.61. The fraction of sp³-hybridized carbons (Fsp3) is 0.688. The van der Waals surface area contributed by atoms with Crippen molar-refractivity contribution in [2.45, 2.75) is 52.3 Å². The van der Waals surface area contributed by atoms with Gasteiger partial charge < -0.3 is 20.1 Å². The molecule has 1 saturated heterocycles. The van der Waals surface area contributed by atoms with Crippen LogP contribution >= 0.6 is 11.3 Å². The van der Waals surface area contributed by atoms with E-state index in [-0.39, 0.29) is 18.1 Å². The van der Waals surface area contributed by atoms with E-state index in [1.54, 1.807) is 23.2 Å². The van der Waals surface area contributed by atoms with Gasteiger partial charge in [-0.2, -0.15) is 0 Å². The normalized spacial score (nSPS) is 21.5. The van der Waals surface area contributed by atoms with Crippen LogP contribution in [0.25, 0.3) is 0 Å². The van der Waals surface area contributed by atoms with Crippen molar-refractivity contribution < 1.29 is 14.6 Å². The van der Waals surface area contributed by atoms with E-state index < -0.39 is 6.10 Å². The van der Waals surface area contributed by atoms with Gasteiger partial charge in [-0.3, -0.25) is 0 Å². The molecule has 0 aromatic carbocycles. The van der Waals surface area contributed by atoms with E-state index in [2.05, 4.69) is 25.2 Å². The molecule has 0 aliphatic carbocycles. The van der Waals surface area contributed by atoms with Gasteiger partial charge in [-0.1, -0.05) is 0 Å². The fourth-order valence-corrected chi connectivity index (χ4v) is 3.96. The van der Waals surface area contributed by atoms with E-state index >= 15 is 0 Å². The minimum absolute atomic E-state index is 0.0208. The minimum Gasteiger partial charge on any atom is -0.393 e. The highest BCUT2D eigenvalue weighted by Crippen LogP contribution is 2.26. The van der Waals surface area contributed by atoms with Crippen molar-refractivity contribution in [3.8, 4) is 0 Å². The second-order valence-electron chi connectivity index (χ2n) is 6.05. The molecule has 1 aliphatic rings. The molecule has 0 saturated carbocycles. The average molecular weight is 326 g/mol. The second-order valence-corrected chi connectivity index (χ2v) is 7.51. The Kier molecular flexibility index (Phi) is 5.83. The number of aliphatic hydroxyl groups is 1. The van der Waals surface area contributed by atoms with Gasteiger partial charge in [0.05, 0.1) is 31.4 Å². The number of urea groups is 1. The van der Waals surface area contributed by atoms with Gasteiger partial charge in [-0.05, 0) is 45.7 Å². The topological polar surface area (TPSA) is 61.8 Å². The number of carbonyl (C=O) groups is 1. The summed E-state index contributed by atoms with van der Waals surface area (Å²) in [7, 11) is 0. The molecule has 5 nitrogen and oxygen atoms in total. The molecule has 1 aromatic rings. The summed E-state index contributed by atoms with van der Waals surface area (Å²) in [6.45, 7) is 9.52. The number of nitrogens with one attached hydrogen (secondary N) is 1. The lowest BCUT2D eigenvalue weighted by atomic mass is 10.1. The van der Waals surface area contributed by atoms with E-state index in [9.17, 15) is 9.90 Å². The number of aliphatic hydroxyl groups excluding tert-OH is 1. The van der Waals surface area contributed by atoms with Crippen LogP contribution < -0.4 is 5.32 Å². The van der Waals surface area contributed by atoms with Crippen molar-refractivity contribution >= 4 is 17.4 Å². The van der Waals surface area contributed by atoms with Crippen LogP contribution in [0.1, 0.15) is 41.6 Å². The molecule has 3 atom stereocenters. The summed E-state index contributed by atoms with van der Waals surface area (Å²) in [6, 6.07) is 1.97. The number of thiophene rings is 1. The number of carbonyl (C=O) groups excluding carboxylic acids is 1. The van der Waals surface area contributed by atoms with Gasteiger partial charge in [-0.25, -0.2) is 4.79 Å². The molecule has 22 heavy (non-hydrogen) atoms. The minimum atomic E-state index is -0.443. The van der Waals surface area contributed by atoms with Crippen molar-refractivity contribution in [2.75, 3.05) is 19.8 Å². The number of hydrogen-bond donors (Lipinski definition) is 2. The quantitative estimate of drug-likeness (QED) is 0.894. The van der Waals surface area contributed by atoms with E-state index in [1.165, 1.54) is 15.3 Å². The first-order chi connectivity index (χ1) is 10.4. The molecule has 0 radical (unpaired) electrons. The average Bonchev–Trinajstić information content (AvgIpc) is 2.77. The third kappa shape index (κ3) is 4.21. The molecule has 1 aliphatic heterocycles. The maximum Gasteiger partial charge on any atom is 0.318 e. The first kappa shape index (κ1) is 17.2. The lowest BCUT2D eigenvalue weighted by molar-refractivity contribution is -0.00474. The number of nitrogens with zero attached hydrogens (tertiary/aromatic N) is 1. The van der Waals surface area contributed by atoms with Crippen molar-refractivity contribution in [1.29, 1.82) is 0 Å². The second kappa shape index (κ2) is 7.44. The summed E-state index contributed by atoms with van der Waals surface area (Å²) in [4.78, 5) is 16.9. The Morgan fingerprint density at radius 3 is 2.86 bits per heavy atom. The molecule has 2 N–H and O–H groups in total. The molecule has 1 fully saturated rings. The highest BCUT2D eigenvalue weighted by Gasteiger charge is 2.29. The monoisotopic (exact) mass is 326 g/mol. The third-order valence-electron chi connectivity index (χ3n) is 3.99. The lowest BCUT2D eigenvalue weighted by Crippen LogP contribution is -2.53. The first-order valence-electron chi connectivity index (χ1n) is 7.78. The van der Waals surface area contributed by atoms with Crippen molar-refractivity contribution in [3.05, 3.63) is 21.4 Å². The molecule has 2 amide bonds. The largest absolute Gasteiger partial charge is 0.393 e. The van der Waals surface area contributed by atoms with Crippen LogP contribution in [-0.4, -0.2) is 47.9 Å². The van der Waals surface area contributed by atoms with Gasteiger partial charge in [0.15, 0.2) is 0 Å². The molecular weight excluding hydrogens is 300 g/mol. The van der Waals surface area contributed by atoms with Crippen LogP contribution in [0.2, 0.25) is 0 Å². The molecule has 0 bridgehead atoms. The number of morpholine rings is 1. The van der Waals surface area contributed by atoms with Crippen LogP contribution in [-0.2, 0) is 4.74 Å². The number of ether oxygens (including phenoxy) is 1. The zero-order valence-corrected chi connectivity index (χ0v) is 14.6. The number of amides is 2. The fourth-order valence-electron chi connectivity index (χ4n) is 2.94. The standard InChI is InChI=1S/C16H26N2O3S/c1-10(19)7-14-9-21-6-5-18(14)16(20)17-12(3)15-8-11(2)22-13(15)4/h8,10,12,14,19H,5-7,9H2,1-4H3,(H,17,20)/t10-,12+,14+/m1/s1. The van der Waals surface area contributed by atoms with Gasteiger partial charge in [0.1, 0.15) is 0 Å². The molecular formula is C16H26N2O3S. The summed E-state index contributed by atoms with van der Waals surface area (Å²) in [5.74, 6) is 0. The Morgan fingerprint density at radius 1 is 1.55 bits per heavy atom. The van der Waals surface area contributed by atoms with E-state index in [0.29, 0.717) is 26.2 Å². The molecule has 1 aromatic heterocycles. The van der Waals surface area contributed by atoms with Crippen LogP contribution in [0, 0.1) is 13.8 Å². The maximum absolute atomic E-state index is 12.6. The summed E-state index contributed by atoms with van der Waals surface area (Å²) >= 11 is 1.75. The smallest absolute Gasteiger partial charge is 0.318 e. The van der Waals surface area contributed by atoms with Gasteiger partial charge in [-0.15, -0.1) is 11.3 Å². The van der Waals surface area contributed by atoms with E-state index in [4.69, 9.17) is 4.74 Å². The zero-order chi connectivity index (χ0) is 16.3. The highest BCUT2D eigenvalue weighted by atomic mass is 32.1. The van der Waals surface area contributed by atoms with E-state index in [0.717, 1.165) is 0 Å². The molecule has 124 valence electrons. The summed E-state index contributed by atoms with van der Waals surface area (Å²) in [5, 5.41) is 12.7. The van der Waals surface area contributed by atoms with Crippen LogP contribution in [0.4, 0.5) is 4.79 Å². The van der Waals surface area contributed by atoms with Crippen molar-refractivity contribution in [2.24, 2.45) is 0 Å². The van der Waals surface area contributed by atoms with Gasteiger partial charge in [0.25, 0.3) is 0 Å². The summed E-state index contributed by atoms with van der Waals surface area (Å²) < 4.78 is 5.44. The number of hydrogen-bond acceptors (Lipinski definition) is 4. The summed E-state index contributed by atoms with van der Waals surface area (Å²) in [5.41, 5.74) is 1.18. The molecule has 2 heterocycles. The van der Waals surface area contributed by atoms with Crippen molar-refractivity contribution in [1.82, 2.24) is 10.2 Å². The molecule has 0 spiro atoms. The predicted molar refractivity (Wildman–Crippen MR) is 88.4 cm³/mol. The van der Waals surface area contributed by atoms with Gasteiger partial charge >= 0.3 is 6.03 Å². The molecule has 0 unspecified atom stereocenters. The number of rotatable bonds is 4.